The molecular weight excluding hydrogens is 335 g/mol. The summed E-state index contributed by atoms with van der Waals surface area (Å²) in [5.74, 6) is -0.682. The molecule has 0 radical (unpaired) electrons. The number of nitrogens with zero attached hydrogens (tertiary/aromatic N) is 7. The van der Waals surface area contributed by atoms with Gasteiger partial charge in [-0.05, 0) is 26.8 Å². The van der Waals surface area contributed by atoms with Crippen LogP contribution in [0.5, 0.6) is 0 Å². The topological polar surface area (TPSA) is 64.1 Å². The lowest BCUT2D eigenvalue weighted by molar-refractivity contribution is -0.146. The number of aromatic nitrogens is 6. The van der Waals surface area contributed by atoms with Crippen LogP contribution in [-0.2, 0) is 19.3 Å². The van der Waals surface area contributed by atoms with E-state index >= 15 is 0 Å². The molecular formula is C15H18F3N7. The molecule has 0 saturated heterocycles. The van der Waals surface area contributed by atoms with Gasteiger partial charge in [0.25, 0.3) is 5.82 Å². The normalized spacial score (nSPS) is 12.1. The zero-order valence-corrected chi connectivity index (χ0v) is 14.3. The molecule has 0 fully saturated rings. The average Bonchev–Trinajstić information content (AvgIpc) is 3.16. The van der Waals surface area contributed by atoms with Crippen molar-refractivity contribution in [3.63, 3.8) is 0 Å². The van der Waals surface area contributed by atoms with Crippen LogP contribution in [0, 0.1) is 13.8 Å². The van der Waals surface area contributed by atoms with Crippen LogP contribution >= 0.6 is 0 Å². The van der Waals surface area contributed by atoms with Crippen molar-refractivity contribution in [2.45, 2.75) is 40.0 Å². The molecule has 3 aromatic rings. The van der Waals surface area contributed by atoms with Crippen LogP contribution in [-0.4, -0.2) is 36.6 Å². The van der Waals surface area contributed by atoms with Crippen molar-refractivity contribution in [2.75, 3.05) is 11.9 Å². The van der Waals surface area contributed by atoms with Crippen molar-refractivity contribution >= 4 is 11.5 Å². The van der Waals surface area contributed by atoms with Gasteiger partial charge in [-0.15, -0.1) is 15.3 Å². The zero-order valence-electron chi connectivity index (χ0n) is 14.3. The van der Waals surface area contributed by atoms with E-state index in [4.69, 9.17) is 0 Å². The minimum Gasteiger partial charge on any atom is -0.352 e. The first kappa shape index (κ1) is 17.2. The van der Waals surface area contributed by atoms with Gasteiger partial charge in [0.15, 0.2) is 11.5 Å². The van der Waals surface area contributed by atoms with Crippen LogP contribution in [0.1, 0.15) is 29.6 Å². The fourth-order valence-corrected chi connectivity index (χ4v) is 2.75. The van der Waals surface area contributed by atoms with Crippen LogP contribution < -0.4 is 4.90 Å². The van der Waals surface area contributed by atoms with Gasteiger partial charge in [-0.1, -0.05) is 0 Å². The highest BCUT2D eigenvalue weighted by atomic mass is 19.4. The number of alkyl halides is 3. The zero-order chi connectivity index (χ0) is 18.4. The van der Waals surface area contributed by atoms with Crippen molar-refractivity contribution in [1.29, 1.82) is 0 Å². The summed E-state index contributed by atoms with van der Waals surface area (Å²) in [5, 5.41) is 15.3. The molecule has 0 aliphatic heterocycles. The summed E-state index contributed by atoms with van der Waals surface area (Å²) in [6.07, 6.45) is -2.92. The molecule has 0 N–H and O–H groups in total. The van der Waals surface area contributed by atoms with Gasteiger partial charge in [0.05, 0.1) is 12.2 Å². The molecule has 0 aliphatic carbocycles. The second-order valence-corrected chi connectivity index (χ2v) is 5.82. The van der Waals surface area contributed by atoms with Crippen LogP contribution in [0.4, 0.5) is 19.0 Å². The number of halogens is 3. The van der Waals surface area contributed by atoms with Crippen LogP contribution in [0.2, 0.25) is 0 Å². The van der Waals surface area contributed by atoms with E-state index < -0.39 is 12.0 Å². The summed E-state index contributed by atoms with van der Waals surface area (Å²) >= 11 is 0. The quantitative estimate of drug-likeness (QED) is 0.721. The lowest BCUT2D eigenvalue weighted by Crippen LogP contribution is -2.23. The number of fused-ring (bicyclic) bond motifs is 1. The molecule has 3 rings (SSSR count). The Labute approximate surface area is 142 Å². The highest BCUT2D eigenvalue weighted by molar-refractivity contribution is 5.59. The van der Waals surface area contributed by atoms with E-state index in [2.05, 4.69) is 20.4 Å². The number of hydrogen-bond acceptors (Lipinski definition) is 5. The molecule has 0 saturated carbocycles. The minimum absolute atomic E-state index is 0.112. The van der Waals surface area contributed by atoms with Crippen molar-refractivity contribution in [3.05, 3.63) is 34.9 Å². The number of hydrogen-bond donors (Lipinski definition) is 0. The van der Waals surface area contributed by atoms with Crippen molar-refractivity contribution < 1.29 is 13.2 Å². The highest BCUT2D eigenvalue weighted by Crippen LogP contribution is 2.30. The largest absolute Gasteiger partial charge is 0.453 e. The first-order chi connectivity index (χ1) is 11.7. The lowest BCUT2D eigenvalue weighted by atomic mass is 10.1. The van der Waals surface area contributed by atoms with E-state index in [9.17, 15) is 13.2 Å². The van der Waals surface area contributed by atoms with E-state index in [1.54, 1.807) is 25.1 Å². The Bertz CT molecular complexity index is 910. The molecule has 3 heterocycles. The molecule has 0 aliphatic rings. The lowest BCUT2D eigenvalue weighted by Gasteiger charge is -2.22. The van der Waals surface area contributed by atoms with Crippen molar-refractivity contribution in [2.24, 2.45) is 0 Å². The van der Waals surface area contributed by atoms with E-state index in [0.29, 0.717) is 24.5 Å². The van der Waals surface area contributed by atoms with E-state index in [1.165, 1.54) is 0 Å². The molecule has 134 valence electrons. The van der Waals surface area contributed by atoms with Crippen molar-refractivity contribution in [3.8, 4) is 0 Å². The molecule has 0 amide bonds. The Morgan fingerprint density at radius 3 is 2.52 bits per heavy atom. The minimum atomic E-state index is -4.62. The van der Waals surface area contributed by atoms with Gasteiger partial charge >= 0.3 is 6.18 Å². The summed E-state index contributed by atoms with van der Waals surface area (Å²) in [4.78, 5) is 1.80. The second-order valence-electron chi connectivity index (χ2n) is 5.82. The Morgan fingerprint density at radius 2 is 1.88 bits per heavy atom. The Balaban J connectivity index is 2.07. The predicted octanol–water partition coefficient (Wildman–Crippen LogP) is 2.61. The standard InChI is InChI=1S/C15H18F3N7/c1-5-24-11(6-7-19-24)8-23(4)13-10(3)9(2)12-20-21-14(15(16,17)18)25(12)22-13/h6-7H,5,8H2,1-4H3. The third kappa shape index (κ3) is 2.92. The summed E-state index contributed by atoms with van der Waals surface area (Å²) in [7, 11) is 1.78. The maximum atomic E-state index is 13.1. The SMILES string of the molecule is CCn1nccc1CN(C)c1nn2c(C(F)(F)F)nnc2c(C)c1C. The number of aryl methyl sites for hydroxylation is 2. The fraction of sp³-hybridized carbons (Fsp3) is 0.467. The van der Waals surface area contributed by atoms with E-state index in [1.807, 2.05) is 24.6 Å². The molecule has 7 nitrogen and oxygen atoms in total. The summed E-state index contributed by atoms with van der Waals surface area (Å²) in [6.45, 7) is 6.69. The second kappa shape index (κ2) is 6.01. The van der Waals surface area contributed by atoms with Gasteiger partial charge in [0, 0.05) is 30.9 Å². The van der Waals surface area contributed by atoms with E-state index in [-0.39, 0.29) is 5.65 Å². The van der Waals surface area contributed by atoms with Crippen molar-refractivity contribution in [1.82, 2.24) is 29.6 Å². The molecule has 25 heavy (non-hydrogen) atoms. The molecule has 10 heteroatoms. The van der Waals surface area contributed by atoms with Gasteiger partial charge < -0.3 is 4.90 Å². The average molecular weight is 353 g/mol. The summed E-state index contributed by atoms with van der Waals surface area (Å²) in [6, 6.07) is 1.88. The number of rotatable bonds is 4. The first-order valence-electron chi connectivity index (χ1n) is 7.75. The Morgan fingerprint density at radius 1 is 1.16 bits per heavy atom. The van der Waals surface area contributed by atoms with Gasteiger partial charge in [0.2, 0.25) is 0 Å². The molecule has 0 aromatic carbocycles. The highest BCUT2D eigenvalue weighted by Gasteiger charge is 2.38. The fourth-order valence-electron chi connectivity index (χ4n) is 2.75. The molecule has 0 unspecified atom stereocenters. The Hall–Kier alpha value is -2.65. The maximum Gasteiger partial charge on any atom is 0.453 e. The smallest absolute Gasteiger partial charge is 0.352 e. The molecule has 0 spiro atoms. The molecule has 3 aromatic heterocycles. The third-order valence-electron chi connectivity index (χ3n) is 4.19. The molecule has 0 atom stereocenters. The van der Waals surface area contributed by atoms with Crippen LogP contribution in [0.3, 0.4) is 0 Å². The van der Waals surface area contributed by atoms with E-state index in [0.717, 1.165) is 15.8 Å². The van der Waals surface area contributed by atoms with Crippen LogP contribution in [0.15, 0.2) is 12.3 Å². The Kier molecular flexibility index (Phi) is 4.13. The predicted molar refractivity (Wildman–Crippen MR) is 85.3 cm³/mol. The third-order valence-corrected chi connectivity index (χ3v) is 4.19. The van der Waals surface area contributed by atoms with Gasteiger partial charge in [0.1, 0.15) is 0 Å². The number of anilines is 1. The summed E-state index contributed by atoms with van der Waals surface area (Å²) < 4.78 is 42.0. The monoisotopic (exact) mass is 353 g/mol. The molecule has 0 bridgehead atoms. The van der Waals surface area contributed by atoms with Gasteiger partial charge in [-0.3, -0.25) is 4.68 Å². The van der Waals surface area contributed by atoms with Gasteiger partial charge in [-0.25, -0.2) is 0 Å². The summed E-state index contributed by atoms with van der Waals surface area (Å²) in [5.41, 5.74) is 2.44. The van der Waals surface area contributed by atoms with Crippen LogP contribution in [0.25, 0.3) is 5.65 Å². The first-order valence-corrected chi connectivity index (χ1v) is 7.75. The maximum absolute atomic E-state index is 13.1. The van der Waals surface area contributed by atoms with Gasteiger partial charge in [-0.2, -0.15) is 22.8 Å².